The third kappa shape index (κ3) is 4.86. The first-order valence-corrected chi connectivity index (χ1v) is 5.89. The highest BCUT2D eigenvalue weighted by atomic mass is 19.4. The average Bonchev–Trinajstić information content (AvgIpc) is 2.34. The van der Waals surface area contributed by atoms with Crippen LogP contribution in [0.3, 0.4) is 0 Å². The number of rotatable bonds is 7. The van der Waals surface area contributed by atoms with E-state index in [0.29, 0.717) is 6.54 Å². The van der Waals surface area contributed by atoms with Gasteiger partial charge in [-0.3, -0.25) is 10.1 Å². The van der Waals surface area contributed by atoms with Crippen molar-refractivity contribution in [3.05, 3.63) is 16.4 Å². The first-order chi connectivity index (χ1) is 9.35. The Labute approximate surface area is 112 Å². The monoisotopic (exact) mass is 293 g/mol. The predicted molar refractivity (Wildman–Crippen MR) is 66.6 cm³/mol. The van der Waals surface area contributed by atoms with Gasteiger partial charge in [-0.15, -0.1) is 0 Å². The Bertz CT molecular complexity index is 467. The summed E-state index contributed by atoms with van der Waals surface area (Å²) < 4.78 is 36.1. The lowest BCUT2D eigenvalue weighted by atomic mass is 10.3. The molecule has 0 atom stereocenters. The first kappa shape index (κ1) is 15.9. The molecule has 0 saturated heterocycles. The van der Waals surface area contributed by atoms with Gasteiger partial charge in [0.1, 0.15) is 6.33 Å². The molecule has 0 aliphatic heterocycles. The molecule has 112 valence electrons. The molecule has 0 unspecified atom stereocenters. The summed E-state index contributed by atoms with van der Waals surface area (Å²) in [5.41, 5.74) is -0.455. The Kier molecular flexibility index (Phi) is 5.47. The molecule has 2 N–H and O–H groups in total. The third-order valence-corrected chi connectivity index (χ3v) is 2.25. The molecule has 0 aromatic carbocycles. The Morgan fingerprint density at radius 3 is 2.25 bits per heavy atom. The van der Waals surface area contributed by atoms with Crippen LogP contribution in [-0.2, 0) is 0 Å². The summed E-state index contributed by atoms with van der Waals surface area (Å²) in [7, 11) is 0. The van der Waals surface area contributed by atoms with Gasteiger partial charge in [-0.05, 0) is 6.42 Å². The van der Waals surface area contributed by atoms with E-state index >= 15 is 0 Å². The maximum Gasteiger partial charge on any atom is 0.390 e. The summed E-state index contributed by atoms with van der Waals surface area (Å²) in [5, 5.41) is 16.0. The van der Waals surface area contributed by atoms with Gasteiger partial charge >= 0.3 is 11.9 Å². The Hall–Kier alpha value is -2.13. The largest absolute Gasteiger partial charge is 0.390 e. The fraction of sp³-hybridized carbons (Fsp3) is 0.600. The highest BCUT2D eigenvalue weighted by Crippen LogP contribution is 2.29. The quantitative estimate of drug-likeness (QED) is 0.593. The number of halogens is 3. The smallest absolute Gasteiger partial charge is 0.364 e. The Morgan fingerprint density at radius 1 is 1.25 bits per heavy atom. The summed E-state index contributed by atoms with van der Waals surface area (Å²) in [5.74, 6) is -0.241. The molecule has 0 bridgehead atoms. The highest BCUT2D eigenvalue weighted by Gasteiger charge is 2.28. The van der Waals surface area contributed by atoms with E-state index in [1.807, 2.05) is 6.92 Å². The normalized spacial score (nSPS) is 11.2. The molecule has 1 heterocycles. The molecule has 0 aliphatic carbocycles. The van der Waals surface area contributed by atoms with Crippen molar-refractivity contribution in [1.29, 1.82) is 0 Å². The lowest BCUT2D eigenvalue weighted by molar-refractivity contribution is -0.383. The number of alkyl halides is 3. The van der Waals surface area contributed by atoms with E-state index in [9.17, 15) is 23.3 Å². The van der Waals surface area contributed by atoms with Crippen LogP contribution in [0.25, 0.3) is 0 Å². The highest BCUT2D eigenvalue weighted by molar-refractivity contribution is 5.69. The zero-order valence-electron chi connectivity index (χ0n) is 10.7. The number of hydrogen-bond donors (Lipinski definition) is 2. The Balaban J connectivity index is 2.86. The molecular weight excluding hydrogens is 279 g/mol. The van der Waals surface area contributed by atoms with Crippen LogP contribution in [-0.4, -0.2) is 34.2 Å². The van der Waals surface area contributed by atoms with Gasteiger partial charge in [0.05, 0.1) is 11.3 Å². The minimum Gasteiger partial charge on any atom is -0.364 e. The summed E-state index contributed by atoms with van der Waals surface area (Å²) in [6.07, 6.45) is -3.66. The number of anilines is 2. The maximum atomic E-state index is 12.0. The van der Waals surface area contributed by atoms with Crippen LogP contribution in [0.15, 0.2) is 6.33 Å². The minimum atomic E-state index is -4.34. The van der Waals surface area contributed by atoms with Gasteiger partial charge in [0.25, 0.3) is 0 Å². The molecule has 0 saturated carbocycles. The second-order valence-corrected chi connectivity index (χ2v) is 3.90. The second-order valence-electron chi connectivity index (χ2n) is 3.90. The fourth-order valence-corrected chi connectivity index (χ4v) is 1.38. The van der Waals surface area contributed by atoms with Crippen LogP contribution in [0.1, 0.15) is 19.8 Å². The van der Waals surface area contributed by atoms with Crippen molar-refractivity contribution in [2.24, 2.45) is 0 Å². The fourth-order valence-electron chi connectivity index (χ4n) is 1.38. The van der Waals surface area contributed by atoms with E-state index in [1.165, 1.54) is 0 Å². The van der Waals surface area contributed by atoms with Gasteiger partial charge in [0.15, 0.2) is 0 Å². The molecule has 7 nitrogen and oxygen atoms in total. The zero-order valence-corrected chi connectivity index (χ0v) is 10.7. The summed E-state index contributed by atoms with van der Waals surface area (Å²) >= 11 is 0. The lowest BCUT2D eigenvalue weighted by Crippen LogP contribution is -2.16. The molecule has 0 aliphatic rings. The predicted octanol–water partition coefficient (Wildman–Crippen LogP) is 2.57. The van der Waals surface area contributed by atoms with Crippen molar-refractivity contribution < 1.29 is 18.1 Å². The molecule has 0 spiro atoms. The summed E-state index contributed by atoms with van der Waals surface area (Å²) in [6.45, 7) is 1.83. The van der Waals surface area contributed by atoms with Gasteiger partial charge in [0.2, 0.25) is 11.6 Å². The minimum absolute atomic E-state index is 0.0126. The molecule has 1 aromatic rings. The SMILES string of the molecule is CCCNc1ncnc(NCCC(F)(F)F)c1[N+](=O)[O-]. The molecule has 0 amide bonds. The number of aromatic nitrogens is 2. The van der Waals surface area contributed by atoms with Crippen molar-refractivity contribution in [1.82, 2.24) is 9.97 Å². The lowest BCUT2D eigenvalue weighted by Gasteiger charge is -2.10. The number of hydrogen-bond acceptors (Lipinski definition) is 6. The summed E-state index contributed by atoms with van der Waals surface area (Å²) in [6, 6.07) is 0. The molecule has 10 heteroatoms. The first-order valence-electron chi connectivity index (χ1n) is 5.89. The van der Waals surface area contributed by atoms with Crippen molar-refractivity contribution in [3.8, 4) is 0 Å². The van der Waals surface area contributed by atoms with Crippen LogP contribution in [0.4, 0.5) is 30.5 Å². The van der Waals surface area contributed by atoms with Gasteiger partial charge in [-0.2, -0.15) is 13.2 Å². The van der Waals surface area contributed by atoms with Gasteiger partial charge in [0, 0.05) is 13.1 Å². The molecular formula is C10H14F3N5O2. The van der Waals surface area contributed by atoms with Gasteiger partial charge < -0.3 is 10.6 Å². The van der Waals surface area contributed by atoms with Crippen molar-refractivity contribution in [2.45, 2.75) is 25.9 Å². The van der Waals surface area contributed by atoms with Crippen molar-refractivity contribution in [3.63, 3.8) is 0 Å². The number of nitro groups is 1. The molecule has 20 heavy (non-hydrogen) atoms. The van der Waals surface area contributed by atoms with Gasteiger partial charge in [-0.25, -0.2) is 9.97 Å². The van der Waals surface area contributed by atoms with E-state index in [-0.39, 0.29) is 11.6 Å². The molecule has 0 fully saturated rings. The standard InChI is InChI=1S/C10H14F3N5O2/c1-2-4-14-8-7(18(19)20)9(17-6-16-8)15-5-3-10(11,12)13/h6H,2-5H2,1H3,(H2,14,15,16,17). The Morgan fingerprint density at radius 2 is 1.80 bits per heavy atom. The van der Waals surface area contributed by atoms with Crippen LogP contribution in [0, 0.1) is 10.1 Å². The van der Waals surface area contributed by atoms with Crippen LogP contribution in [0.5, 0.6) is 0 Å². The summed E-state index contributed by atoms with van der Waals surface area (Å²) in [4.78, 5) is 17.6. The van der Waals surface area contributed by atoms with E-state index in [1.54, 1.807) is 0 Å². The van der Waals surface area contributed by atoms with E-state index in [0.717, 1.165) is 12.7 Å². The zero-order chi connectivity index (χ0) is 15.2. The topological polar surface area (TPSA) is 93.0 Å². The molecule has 1 aromatic heterocycles. The van der Waals surface area contributed by atoms with Crippen LogP contribution >= 0.6 is 0 Å². The maximum absolute atomic E-state index is 12.0. The molecule has 1 rings (SSSR count). The average molecular weight is 293 g/mol. The molecule has 0 radical (unpaired) electrons. The van der Waals surface area contributed by atoms with E-state index < -0.39 is 29.8 Å². The van der Waals surface area contributed by atoms with Crippen LogP contribution < -0.4 is 10.6 Å². The second kappa shape index (κ2) is 6.87. The van der Waals surface area contributed by atoms with E-state index in [4.69, 9.17) is 0 Å². The van der Waals surface area contributed by atoms with Crippen molar-refractivity contribution in [2.75, 3.05) is 23.7 Å². The van der Waals surface area contributed by atoms with E-state index in [2.05, 4.69) is 20.6 Å². The number of nitrogens with one attached hydrogen (secondary N) is 2. The van der Waals surface area contributed by atoms with Gasteiger partial charge in [-0.1, -0.05) is 6.92 Å². The third-order valence-electron chi connectivity index (χ3n) is 2.25. The van der Waals surface area contributed by atoms with Crippen molar-refractivity contribution >= 4 is 17.3 Å². The number of nitrogens with zero attached hydrogens (tertiary/aromatic N) is 3. The van der Waals surface area contributed by atoms with Crippen LogP contribution in [0.2, 0.25) is 0 Å².